The van der Waals surface area contributed by atoms with Crippen LogP contribution in [0.15, 0.2) is 40.9 Å². The average Bonchev–Trinajstić information content (AvgIpc) is 2.44. The summed E-state index contributed by atoms with van der Waals surface area (Å²) in [6.07, 6.45) is 1.40. The van der Waals surface area contributed by atoms with E-state index in [4.69, 9.17) is 11.6 Å². The van der Waals surface area contributed by atoms with E-state index in [0.717, 1.165) is 17.5 Å². The van der Waals surface area contributed by atoms with Gasteiger partial charge in [-0.15, -0.1) is 0 Å². The van der Waals surface area contributed by atoms with Crippen molar-refractivity contribution in [3.8, 4) is 0 Å². The van der Waals surface area contributed by atoms with Gasteiger partial charge in [-0.05, 0) is 71.2 Å². The van der Waals surface area contributed by atoms with Gasteiger partial charge in [-0.2, -0.15) is 0 Å². The third kappa shape index (κ3) is 4.50. The van der Waals surface area contributed by atoms with E-state index in [1.165, 1.54) is 18.2 Å². The highest BCUT2D eigenvalue weighted by atomic mass is 79.9. The molecule has 2 aromatic rings. The predicted octanol–water partition coefficient (Wildman–Crippen LogP) is 4.75. The van der Waals surface area contributed by atoms with Crippen LogP contribution in [0.5, 0.6) is 0 Å². The van der Waals surface area contributed by atoms with Crippen LogP contribution in [0, 0.1) is 11.6 Å². The molecule has 0 heterocycles. The topological polar surface area (TPSA) is 12.0 Å². The standard InChI is InChI=1S/C16H15BrClF2N/c1-21-13(6-10-2-5-16(20)14(17)7-10)8-11-3-4-12(19)9-15(11)18/h2-5,7,9,13,21H,6,8H2,1H3. The van der Waals surface area contributed by atoms with E-state index in [-0.39, 0.29) is 17.7 Å². The summed E-state index contributed by atoms with van der Waals surface area (Å²) < 4.78 is 26.7. The van der Waals surface area contributed by atoms with Gasteiger partial charge in [0.15, 0.2) is 0 Å². The van der Waals surface area contributed by atoms with Crippen LogP contribution in [-0.2, 0) is 12.8 Å². The lowest BCUT2D eigenvalue weighted by Gasteiger charge is -2.17. The zero-order chi connectivity index (χ0) is 15.4. The van der Waals surface area contributed by atoms with Crippen molar-refractivity contribution >= 4 is 27.5 Å². The molecular weight excluding hydrogens is 360 g/mol. The molecular formula is C16H15BrClF2N. The third-order valence-corrected chi connectivity index (χ3v) is 4.32. The Balaban J connectivity index is 2.10. The largest absolute Gasteiger partial charge is 0.316 e. The molecule has 0 aliphatic heterocycles. The summed E-state index contributed by atoms with van der Waals surface area (Å²) in [4.78, 5) is 0. The van der Waals surface area contributed by atoms with Crippen LogP contribution in [0.4, 0.5) is 8.78 Å². The maximum absolute atomic E-state index is 13.2. The van der Waals surface area contributed by atoms with Gasteiger partial charge in [0, 0.05) is 11.1 Å². The number of benzene rings is 2. The Kier molecular flexibility index (Phi) is 5.73. The van der Waals surface area contributed by atoms with E-state index in [2.05, 4.69) is 21.2 Å². The van der Waals surface area contributed by atoms with E-state index >= 15 is 0 Å². The molecule has 0 spiro atoms. The smallest absolute Gasteiger partial charge is 0.137 e. The summed E-state index contributed by atoms with van der Waals surface area (Å²) >= 11 is 9.24. The molecule has 21 heavy (non-hydrogen) atoms. The van der Waals surface area contributed by atoms with E-state index in [9.17, 15) is 8.78 Å². The first kappa shape index (κ1) is 16.4. The van der Waals surface area contributed by atoms with Gasteiger partial charge in [0.25, 0.3) is 0 Å². The summed E-state index contributed by atoms with van der Waals surface area (Å²) in [5.41, 5.74) is 1.90. The molecule has 0 saturated carbocycles. The van der Waals surface area contributed by atoms with Crippen molar-refractivity contribution in [1.82, 2.24) is 5.32 Å². The molecule has 0 aliphatic carbocycles. The molecule has 0 bridgehead atoms. The maximum atomic E-state index is 13.2. The van der Waals surface area contributed by atoms with Gasteiger partial charge in [-0.3, -0.25) is 0 Å². The maximum Gasteiger partial charge on any atom is 0.137 e. The lowest BCUT2D eigenvalue weighted by molar-refractivity contribution is 0.553. The highest BCUT2D eigenvalue weighted by Gasteiger charge is 2.12. The highest BCUT2D eigenvalue weighted by molar-refractivity contribution is 9.10. The fourth-order valence-corrected chi connectivity index (χ4v) is 2.85. The summed E-state index contributed by atoms with van der Waals surface area (Å²) in [5.74, 6) is -0.617. The Morgan fingerprint density at radius 2 is 1.90 bits per heavy atom. The quantitative estimate of drug-likeness (QED) is 0.796. The number of halogens is 4. The molecule has 1 unspecified atom stereocenters. The molecule has 0 fully saturated rings. The minimum absolute atomic E-state index is 0.130. The van der Waals surface area contributed by atoms with E-state index < -0.39 is 0 Å². The number of nitrogens with one attached hydrogen (secondary N) is 1. The van der Waals surface area contributed by atoms with Crippen molar-refractivity contribution in [3.63, 3.8) is 0 Å². The summed E-state index contributed by atoms with van der Waals surface area (Å²) in [7, 11) is 1.86. The van der Waals surface area contributed by atoms with Gasteiger partial charge < -0.3 is 5.32 Å². The van der Waals surface area contributed by atoms with Gasteiger partial charge in [0.1, 0.15) is 11.6 Å². The predicted molar refractivity (Wildman–Crippen MR) is 85.8 cm³/mol. The van der Waals surface area contributed by atoms with Crippen molar-refractivity contribution in [2.75, 3.05) is 7.05 Å². The molecule has 0 saturated heterocycles. The summed E-state index contributed by atoms with van der Waals surface area (Å²) in [6, 6.07) is 9.52. The third-order valence-electron chi connectivity index (χ3n) is 3.36. The molecule has 1 atom stereocenters. The fourth-order valence-electron chi connectivity index (χ4n) is 2.18. The normalized spacial score (nSPS) is 12.4. The monoisotopic (exact) mass is 373 g/mol. The lowest BCUT2D eigenvalue weighted by Crippen LogP contribution is -2.30. The SMILES string of the molecule is CNC(Cc1ccc(F)c(Br)c1)Cc1ccc(F)cc1Cl. The Labute approximate surface area is 136 Å². The van der Waals surface area contributed by atoms with Crippen molar-refractivity contribution in [2.45, 2.75) is 18.9 Å². The van der Waals surface area contributed by atoms with E-state index in [0.29, 0.717) is 15.9 Å². The van der Waals surface area contributed by atoms with Gasteiger partial charge >= 0.3 is 0 Å². The summed E-state index contributed by atoms with van der Waals surface area (Å²) in [5, 5.41) is 3.64. The van der Waals surface area contributed by atoms with Crippen molar-refractivity contribution < 1.29 is 8.78 Å². The van der Waals surface area contributed by atoms with Crippen LogP contribution in [0.2, 0.25) is 5.02 Å². The molecule has 0 amide bonds. The second kappa shape index (κ2) is 7.34. The van der Waals surface area contributed by atoms with Crippen molar-refractivity contribution in [1.29, 1.82) is 0 Å². The number of rotatable bonds is 5. The zero-order valence-electron chi connectivity index (χ0n) is 11.5. The van der Waals surface area contributed by atoms with Gasteiger partial charge in [-0.1, -0.05) is 23.7 Å². The number of likely N-dealkylation sites (N-methyl/N-ethyl adjacent to an activating group) is 1. The van der Waals surface area contributed by atoms with Gasteiger partial charge in [-0.25, -0.2) is 8.78 Å². The van der Waals surface area contributed by atoms with Crippen LogP contribution in [0.1, 0.15) is 11.1 Å². The van der Waals surface area contributed by atoms with Crippen LogP contribution < -0.4 is 5.32 Å². The van der Waals surface area contributed by atoms with Gasteiger partial charge in [0.2, 0.25) is 0 Å². The first-order valence-electron chi connectivity index (χ1n) is 6.54. The highest BCUT2D eigenvalue weighted by Crippen LogP contribution is 2.21. The molecule has 0 aliphatic rings. The van der Waals surface area contributed by atoms with Crippen LogP contribution in [0.25, 0.3) is 0 Å². The summed E-state index contributed by atoms with van der Waals surface area (Å²) in [6.45, 7) is 0. The molecule has 2 aromatic carbocycles. The molecule has 0 radical (unpaired) electrons. The number of hydrogen-bond donors (Lipinski definition) is 1. The van der Waals surface area contributed by atoms with Crippen LogP contribution in [-0.4, -0.2) is 13.1 Å². The Hall–Kier alpha value is -0.970. The fraction of sp³-hybridized carbons (Fsp3) is 0.250. The minimum Gasteiger partial charge on any atom is -0.316 e. The lowest BCUT2D eigenvalue weighted by atomic mass is 9.99. The number of hydrogen-bond acceptors (Lipinski definition) is 1. The molecule has 5 heteroatoms. The Bertz CT molecular complexity index is 634. The second-order valence-corrected chi connectivity index (χ2v) is 6.14. The van der Waals surface area contributed by atoms with Gasteiger partial charge in [0.05, 0.1) is 4.47 Å². The van der Waals surface area contributed by atoms with E-state index in [1.807, 2.05) is 7.05 Å². The van der Waals surface area contributed by atoms with Crippen LogP contribution in [0.3, 0.4) is 0 Å². The average molecular weight is 375 g/mol. The molecule has 1 N–H and O–H groups in total. The van der Waals surface area contributed by atoms with Crippen molar-refractivity contribution in [2.24, 2.45) is 0 Å². The van der Waals surface area contributed by atoms with E-state index in [1.54, 1.807) is 18.2 Å². The molecule has 112 valence electrons. The van der Waals surface area contributed by atoms with Crippen molar-refractivity contribution in [3.05, 3.63) is 68.7 Å². The minimum atomic E-state index is -0.341. The molecule has 1 nitrogen and oxygen atoms in total. The zero-order valence-corrected chi connectivity index (χ0v) is 13.8. The first-order chi connectivity index (χ1) is 9.99. The second-order valence-electron chi connectivity index (χ2n) is 4.88. The molecule has 2 rings (SSSR count). The Morgan fingerprint density at radius 1 is 1.14 bits per heavy atom. The van der Waals surface area contributed by atoms with Crippen LogP contribution >= 0.6 is 27.5 Å². The first-order valence-corrected chi connectivity index (χ1v) is 7.72. The Morgan fingerprint density at radius 3 is 2.52 bits per heavy atom. The molecule has 0 aromatic heterocycles.